The number of hydrogen-bond acceptors (Lipinski definition) is 4. The SMILES string of the molecule is CCCC1=C(C(=O)OCC)[C@H](c2ccc(OCC)c(Cl)c2)NC(=S)N1. The Labute approximate surface area is 158 Å². The molecule has 1 heterocycles. The fraction of sp³-hybridized carbons (Fsp3) is 0.444. The van der Waals surface area contributed by atoms with Gasteiger partial charge in [-0.1, -0.05) is 31.0 Å². The van der Waals surface area contributed by atoms with Crippen molar-refractivity contribution < 1.29 is 14.3 Å². The van der Waals surface area contributed by atoms with Crippen LogP contribution in [0.25, 0.3) is 0 Å². The van der Waals surface area contributed by atoms with Crippen molar-refractivity contribution >= 4 is 34.9 Å². The molecule has 25 heavy (non-hydrogen) atoms. The van der Waals surface area contributed by atoms with E-state index in [1.54, 1.807) is 19.1 Å². The quantitative estimate of drug-likeness (QED) is 0.551. The van der Waals surface area contributed by atoms with Crippen LogP contribution < -0.4 is 15.4 Å². The first-order chi connectivity index (χ1) is 12.0. The smallest absolute Gasteiger partial charge is 0.338 e. The molecule has 0 unspecified atom stereocenters. The number of ether oxygens (including phenoxy) is 2. The number of carbonyl (C=O) groups excluding carboxylic acids is 1. The predicted octanol–water partition coefficient (Wildman–Crippen LogP) is 3.87. The first-order valence-electron chi connectivity index (χ1n) is 8.41. The summed E-state index contributed by atoms with van der Waals surface area (Å²) in [5.74, 6) is 0.253. The highest BCUT2D eigenvalue weighted by molar-refractivity contribution is 7.80. The lowest BCUT2D eigenvalue weighted by Crippen LogP contribution is -2.45. The summed E-state index contributed by atoms with van der Waals surface area (Å²) in [6.07, 6.45) is 1.59. The van der Waals surface area contributed by atoms with Gasteiger partial charge in [-0.15, -0.1) is 0 Å². The Hall–Kier alpha value is -1.79. The Bertz CT molecular complexity index is 691. The zero-order valence-corrected chi connectivity index (χ0v) is 16.2. The maximum atomic E-state index is 12.6. The number of benzene rings is 1. The number of esters is 1. The lowest BCUT2D eigenvalue weighted by molar-refractivity contribution is -0.139. The molecule has 2 N–H and O–H groups in total. The first kappa shape index (κ1) is 19.5. The van der Waals surface area contributed by atoms with Crippen molar-refractivity contribution in [3.63, 3.8) is 0 Å². The van der Waals surface area contributed by atoms with Gasteiger partial charge in [-0.25, -0.2) is 4.79 Å². The monoisotopic (exact) mass is 382 g/mol. The Morgan fingerprint density at radius 1 is 1.28 bits per heavy atom. The van der Waals surface area contributed by atoms with Crippen molar-refractivity contribution in [3.8, 4) is 5.75 Å². The van der Waals surface area contributed by atoms with Crippen LogP contribution in [-0.4, -0.2) is 24.3 Å². The number of nitrogens with one attached hydrogen (secondary N) is 2. The molecule has 0 amide bonds. The highest BCUT2D eigenvalue weighted by Gasteiger charge is 2.32. The van der Waals surface area contributed by atoms with Crippen LogP contribution in [0.2, 0.25) is 5.02 Å². The summed E-state index contributed by atoms with van der Waals surface area (Å²) in [6, 6.07) is 5.06. The molecule has 1 aliphatic rings. The van der Waals surface area contributed by atoms with Crippen LogP contribution in [0.5, 0.6) is 5.75 Å². The van der Waals surface area contributed by atoms with E-state index in [1.165, 1.54) is 0 Å². The topological polar surface area (TPSA) is 59.6 Å². The van der Waals surface area contributed by atoms with Crippen molar-refractivity contribution in [2.45, 2.75) is 39.7 Å². The normalized spacial score (nSPS) is 17.0. The number of allylic oxidation sites excluding steroid dienone is 1. The van der Waals surface area contributed by atoms with Crippen LogP contribution >= 0.6 is 23.8 Å². The average Bonchev–Trinajstić information content (AvgIpc) is 2.56. The van der Waals surface area contributed by atoms with E-state index >= 15 is 0 Å². The van der Waals surface area contributed by atoms with Gasteiger partial charge in [0.15, 0.2) is 5.11 Å². The van der Waals surface area contributed by atoms with E-state index in [0.717, 1.165) is 17.7 Å². The largest absolute Gasteiger partial charge is 0.492 e. The van der Waals surface area contributed by atoms with Crippen molar-refractivity contribution in [2.75, 3.05) is 13.2 Å². The Kier molecular flexibility index (Phi) is 7.08. The minimum absolute atomic E-state index is 0.308. The maximum Gasteiger partial charge on any atom is 0.338 e. The second-order valence-electron chi connectivity index (χ2n) is 5.52. The third-order valence-corrected chi connectivity index (χ3v) is 4.25. The Balaban J connectivity index is 2.47. The molecule has 0 aliphatic carbocycles. The first-order valence-corrected chi connectivity index (χ1v) is 9.20. The van der Waals surface area contributed by atoms with E-state index in [2.05, 4.69) is 10.6 Å². The molecule has 0 saturated heterocycles. The molecule has 136 valence electrons. The van der Waals surface area contributed by atoms with Crippen LogP contribution in [0.4, 0.5) is 0 Å². The van der Waals surface area contributed by atoms with E-state index < -0.39 is 6.04 Å². The molecule has 1 aliphatic heterocycles. The highest BCUT2D eigenvalue weighted by atomic mass is 35.5. The number of hydrogen-bond donors (Lipinski definition) is 2. The number of rotatable bonds is 7. The molecule has 0 saturated carbocycles. The molecule has 0 radical (unpaired) electrons. The zero-order chi connectivity index (χ0) is 18.4. The van der Waals surface area contributed by atoms with Gasteiger partial charge in [0.1, 0.15) is 5.75 Å². The summed E-state index contributed by atoms with van der Waals surface area (Å²) in [5, 5.41) is 7.22. The van der Waals surface area contributed by atoms with Gasteiger partial charge in [-0.3, -0.25) is 0 Å². The zero-order valence-electron chi connectivity index (χ0n) is 14.6. The minimum Gasteiger partial charge on any atom is -0.492 e. The fourth-order valence-corrected chi connectivity index (χ4v) is 3.22. The number of halogens is 1. The fourth-order valence-electron chi connectivity index (χ4n) is 2.73. The van der Waals surface area contributed by atoms with Crippen molar-refractivity contribution in [2.24, 2.45) is 0 Å². The van der Waals surface area contributed by atoms with Gasteiger partial charge in [-0.2, -0.15) is 0 Å². The second-order valence-corrected chi connectivity index (χ2v) is 6.33. The molecule has 2 rings (SSSR count). The summed E-state index contributed by atoms with van der Waals surface area (Å²) in [7, 11) is 0. The standard InChI is InChI=1S/C18H23ClN2O3S/c1-4-7-13-15(17(22)24-6-3)16(21-18(25)20-13)11-8-9-14(23-5-2)12(19)10-11/h8-10,16H,4-7H2,1-3H3,(H2,20,21,25)/t16-/m0/s1. The van der Waals surface area contributed by atoms with Gasteiger partial charge in [-0.05, 0) is 50.2 Å². The van der Waals surface area contributed by atoms with Crippen molar-refractivity contribution in [1.82, 2.24) is 10.6 Å². The molecule has 7 heteroatoms. The molecule has 5 nitrogen and oxygen atoms in total. The van der Waals surface area contributed by atoms with Crippen molar-refractivity contribution in [3.05, 3.63) is 40.1 Å². The second kappa shape index (κ2) is 9.06. The van der Waals surface area contributed by atoms with Gasteiger partial charge in [0.2, 0.25) is 0 Å². The summed E-state index contributed by atoms with van der Waals surface area (Å²) in [4.78, 5) is 12.6. The molecular formula is C18H23ClN2O3S. The molecular weight excluding hydrogens is 360 g/mol. The Morgan fingerprint density at radius 2 is 2.04 bits per heavy atom. The highest BCUT2D eigenvalue weighted by Crippen LogP contribution is 2.34. The van der Waals surface area contributed by atoms with Gasteiger partial charge in [0.05, 0.1) is 29.9 Å². The molecule has 1 aromatic rings. The summed E-state index contributed by atoms with van der Waals surface area (Å²) < 4.78 is 10.7. The summed E-state index contributed by atoms with van der Waals surface area (Å²) >= 11 is 11.6. The van der Waals surface area contributed by atoms with E-state index in [4.69, 9.17) is 33.3 Å². The van der Waals surface area contributed by atoms with Gasteiger partial charge < -0.3 is 20.1 Å². The van der Waals surface area contributed by atoms with Gasteiger partial charge >= 0.3 is 5.97 Å². The van der Waals surface area contributed by atoms with Crippen LogP contribution in [0, 0.1) is 0 Å². The van der Waals surface area contributed by atoms with E-state index in [0.29, 0.717) is 41.1 Å². The maximum absolute atomic E-state index is 12.6. The van der Waals surface area contributed by atoms with Crippen molar-refractivity contribution in [1.29, 1.82) is 0 Å². The van der Waals surface area contributed by atoms with Gasteiger partial charge in [0.25, 0.3) is 0 Å². The predicted molar refractivity (Wildman–Crippen MR) is 103 cm³/mol. The molecule has 0 bridgehead atoms. The van der Waals surface area contributed by atoms with Crippen LogP contribution in [0.1, 0.15) is 45.2 Å². The Morgan fingerprint density at radius 3 is 2.64 bits per heavy atom. The third kappa shape index (κ3) is 4.64. The van der Waals surface area contributed by atoms with Gasteiger partial charge in [0, 0.05) is 5.70 Å². The lowest BCUT2D eigenvalue weighted by atomic mass is 9.94. The van der Waals surface area contributed by atoms with E-state index in [-0.39, 0.29) is 5.97 Å². The van der Waals surface area contributed by atoms with E-state index in [9.17, 15) is 4.79 Å². The minimum atomic E-state index is -0.414. The number of carbonyl (C=O) groups is 1. The lowest BCUT2D eigenvalue weighted by Gasteiger charge is -2.31. The molecule has 0 aromatic heterocycles. The summed E-state index contributed by atoms with van der Waals surface area (Å²) in [6.45, 7) is 6.57. The number of thiocarbonyl (C=S) groups is 1. The molecule has 1 atom stereocenters. The molecule has 1 aromatic carbocycles. The average molecular weight is 383 g/mol. The summed E-state index contributed by atoms with van der Waals surface area (Å²) in [5.41, 5.74) is 2.16. The van der Waals surface area contributed by atoms with Crippen LogP contribution in [0.3, 0.4) is 0 Å². The van der Waals surface area contributed by atoms with Crippen LogP contribution in [-0.2, 0) is 9.53 Å². The van der Waals surface area contributed by atoms with Crippen LogP contribution in [0.15, 0.2) is 29.5 Å². The third-order valence-electron chi connectivity index (χ3n) is 3.74. The van der Waals surface area contributed by atoms with E-state index in [1.807, 2.05) is 19.9 Å². The molecule has 0 fully saturated rings. The molecule has 0 spiro atoms.